The van der Waals surface area contributed by atoms with Gasteiger partial charge in [0.25, 0.3) is 5.91 Å². The van der Waals surface area contributed by atoms with Crippen LogP contribution in [0.2, 0.25) is 0 Å². The Morgan fingerprint density at radius 1 is 1.31 bits per heavy atom. The second-order valence-corrected chi connectivity index (χ2v) is 6.59. The smallest absolute Gasteiger partial charge is 0.254 e. The lowest BCUT2D eigenvalue weighted by Gasteiger charge is -2.22. The average molecular weight is 349 g/mol. The molecular weight excluding hydrogens is 330 g/mol. The molecule has 0 aliphatic carbocycles. The van der Waals surface area contributed by atoms with Gasteiger partial charge < -0.3 is 14.4 Å². The number of rotatable bonds is 4. The molecule has 2 aliphatic rings. The molecule has 4 rings (SSSR count). The van der Waals surface area contributed by atoms with Crippen molar-refractivity contribution in [3.05, 3.63) is 65.5 Å². The number of ether oxygens (including phenoxy) is 2. The second kappa shape index (κ2) is 7.24. The summed E-state index contributed by atoms with van der Waals surface area (Å²) in [7, 11) is 0. The van der Waals surface area contributed by atoms with Gasteiger partial charge in [-0.1, -0.05) is 12.1 Å². The molecule has 2 saturated heterocycles. The standard InChI is InChI=1S/C20H19N3O3/c21-9-14-4-3-5-15(8-14)20(24)23-10-19(17-12-25-13-18(17)23)26-11-16-6-1-2-7-22-16/h1-8,17-19H,10-13H2/t17-,18+,19-/m0/s1. The lowest BCUT2D eigenvalue weighted by Crippen LogP contribution is -2.38. The largest absolute Gasteiger partial charge is 0.379 e. The second-order valence-electron chi connectivity index (χ2n) is 6.59. The molecule has 6 heteroatoms. The topological polar surface area (TPSA) is 75.5 Å². The van der Waals surface area contributed by atoms with E-state index in [4.69, 9.17) is 14.7 Å². The van der Waals surface area contributed by atoms with Crippen molar-refractivity contribution in [1.29, 1.82) is 5.26 Å². The monoisotopic (exact) mass is 349 g/mol. The zero-order valence-electron chi connectivity index (χ0n) is 14.2. The fourth-order valence-electron chi connectivity index (χ4n) is 3.67. The molecule has 0 unspecified atom stereocenters. The van der Waals surface area contributed by atoms with Crippen LogP contribution in [0.3, 0.4) is 0 Å². The van der Waals surface area contributed by atoms with Gasteiger partial charge in [0.05, 0.1) is 49.3 Å². The van der Waals surface area contributed by atoms with E-state index in [2.05, 4.69) is 11.1 Å². The van der Waals surface area contributed by atoms with E-state index in [0.717, 1.165) is 5.69 Å². The lowest BCUT2D eigenvalue weighted by atomic mass is 10.0. The van der Waals surface area contributed by atoms with Gasteiger partial charge in [-0.2, -0.15) is 5.26 Å². The third-order valence-corrected chi connectivity index (χ3v) is 5.02. The highest BCUT2D eigenvalue weighted by Crippen LogP contribution is 2.33. The number of fused-ring (bicyclic) bond motifs is 1. The Labute approximate surface area is 152 Å². The molecule has 0 radical (unpaired) electrons. The molecular formula is C20H19N3O3. The number of amides is 1. The predicted octanol–water partition coefficient (Wildman–Crippen LogP) is 2.01. The van der Waals surface area contributed by atoms with E-state index in [-0.39, 0.29) is 24.0 Å². The number of nitrogens with zero attached hydrogens (tertiary/aromatic N) is 3. The molecule has 3 heterocycles. The first-order valence-corrected chi connectivity index (χ1v) is 8.66. The van der Waals surface area contributed by atoms with E-state index >= 15 is 0 Å². The molecule has 132 valence electrons. The van der Waals surface area contributed by atoms with Crippen LogP contribution in [0, 0.1) is 17.2 Å². The van der Waals surface area contributed by atoms with Gasteiger partial charge in [-0.15, -0.1) is 0 Å². The molecule has 0 bridgehead atoms. The van der Waals surface area contributed by atoms with Crippen molar-refractivity contribution in [3.8, 4) is 6.07 Å². The molecule has 2 aromatic rings. The highest BCUT2D eigenvalue weighted by Gasteiger charge is 2.48. The fraction of sp³-hybridized carbons (Fsp3) is 0.350. The van der Waals surface area contributed by atoms with E-state index in [1.807, 2.05) is 23.1 Å². The number of benzene rings is 1. The maximum atomic E-state index is 13.0. The minimum absolute atomic E-state index is 0.0157. The zero-order valence-corrected chi connectivity index (χ0v) is 14.2. The van der Waals surface area contributed by atoms with Crippen LogP contribution >= 0.6 is 0 Å². The van der Waals surface area contributed by atoms with Crippen LogP contribution < -0.4 is 0 Å². The Balaban J connectivity index is 1.49. The van der Waals surface area contributed by atoms with E-state index in [1.165, 1.54) is 0 Å². The summed E-state index contributed by atoms with van der Waals surface area (Å²) >= 11 is 0. The summed E-state index contributed by atoms with van der Waals surface area (Å²) in [6.07, 6.45) is 1.67. The van der Waals surface area contributed by atoms with Gasteiger partial charge in [-0.25, -0.2) is 0 Å². The van der Waals surface area contributed by atoms with Crippen molar-refractivity contribution in [3.63, 3.8) is 0 Å². The van der Waals surface area contributed by atoms with Crippen LogP contribution in [-0.2, 0) is 16.1 Å². The van der Waals surface area contributed by atoms with Crippen molar-refractivity contribution in [2.24, 2.45) is 5.92 Å². The quantitative estimate of drug-likeness (QED) is 0.844. The first-order chi connectivity index (χ1) is 12.8. The Hall–Kier alpha value is -2.75. The van der Waals surface area contributed by atoms with Crippen LogP contribution in [0.15, 0.2) is 48.7 Å². The Kier molecular flexibility index (Phi) is 4.65. The third-order valence-electron chi connectivity index (χ3n) is 5.02. The van der Waals surface area contributed by atoms with Gasteiger partial charge >= 0.3 is 0 Å². The molecule has 0 spiro atoms. The van der Waals surface area contributed by atoms with Crippen molar-refractivity contribution in [2.45, 2.75) is 18.8 Å². The van der Waals surface area contributed by atoms with Crippen molar-refractivity contribution in [1.82, 2.24) is 9.88 Å². The Morgan fingerprint density at radius 2 is 2.23 bits per heavy atom. The SMILES string of the molecule is N#Cc1cccc(C(=O)N2C[C@H](OCc3ccccn3)[C@H]3COC[C@H]32)c1. The van der Waals surface area contributed by atoms with Gasteiger partial charge in [0.1, 0.15) is 0 Å². The fourth-order valence-corrected chi connectivity index (χ4v) is 3.67. The maximum Gasteiger partial charge on any atom is 0.254 e. The maximum absolute atomic E-state index is 13.0. The van der Waals surface area contributed by atoms with Crippen LogP contribution in [0.5, 0.6) is 0 Å². The van der Waals surface area contributed by atoms with E-state index in [9.17, 15) is 4.79 Å². The van der Waals surface area contributed by atoms with Gasteiger partial charge in [-0.05, 0) is 30.3 Å². The van der Waals surface area contributed by atoms with Gasteiger partial charge in [0.15, 0.2) is 0 Å². The van der Waals surface area contributed by atoms with Crippen LogP contribution in [0.4, 0.5) is 0 Å². The number of aromatic nitrogens is 1. The first kappa shape index (κ1) is 16.7. The average Bonchev–Trinajstić information content (AvgIpc) is 3.30. The van der Waals surface area contributed by atoms with Gasteiger partial charge in [-0.3, -0.25) is 9.78 Å². The molecule has 6 nitrogen and oxygen atoms in total. The molecule has 0 N–H and O–H groups in total. The summed E-state index contributed by atoms with van der Waals surface area (Å²) < 4.78 is 11.7. The van der Waals surface area contributed by atoms with Crippen molar-refractivity contribution in [2.75, 3.05) is 19.8 Å². The highest BCUT2D eigenvalue weighted by molar-refractivity contribution is 5.95. The van der Waals surface area contributed by atoms with E-state index in [0.29, 0.717) is 37.5 Å². The van der Waals surface area contributed by atoms with Crippen LogP contribution in [0.25, 0.3) is 0 Å². The summed E-state index contributed by atoms with van der Waals surface area (Å²) in [5.74, 6) is 0.0911. The van der Waals surface area contributed by atoms with Crippen molar-refractivity contribution < 1.29 is 14.3 Å². The number of hydrogen-bond donors (Lipinski definition) is 0. The van der Waals surface area contributed by atoms with Crippen LogP contribution in [-0.4, -0.2) is 47.7 Å². The molecule has 2 aliphatic heterocycles. The first-order valence-electron chi connectivity index (χ1n) is 8.66. The third kappa shape index (κ3) is 3.19. The number of carbonyl (C=O) groups excluding carboxylic acids is 1. The summed E-state index contributed by atoms with van der Waals surface area (Å²) in [6, 6.07) is 14.6. The predicted molar refractivity (Wildman–Crippen MR) is 93.1 cm³/mol. The number of likely N-dealkylation sites (tertiary alicyclic amines) is 1. The number of carbonyl (C=O) groups is 1. The van der Waals surface area contributed by atoms with E-state index < -0.39 is 0 Å². The summed E-state index contributed by atoms with van der Waals surface area (Å²) in [6.45, 7) is 2.07. The molecule has 2 fully saturated rings. The summed E-state index contributed by atoms with van der Waals surface area (Å²) in [4.78, 5) is 19.1. The Bertz CT molecular complexity index is 834. The van der Waals surface area contributed by atoms with Gasteiger partial charge in [0.2, 0.25) is 0 Å². The number of nitriles is 1. The van der Waals surface area contributed by atoms with Crippen molar-refractivity contribution >= 4 is 5.91 Å². The van der Waals surface area contributed by atoms with Crippen LogP contribution in [0.1, 0.15) is 21.6 Å². The minimum atomic E-state index is -0.0773. The lowest BCUT2D eigenvalue weighted by molar-refractivity contribution is 0.00800. The highest BCUT2D eigenvalue weighted by atomic mass is 16.5. The van der Waals surface area contributed by atoms with Gasteiger partial charge in [0, 0.05) is 24.2 Å². The Morgan fingerprint density at radius 3 is 3.04 bits per heavy atom. The molecule has 26 heavy (non-hydrogen) atoms. The number of hydrogen-bond acceptors (Lipinski definition) is 5. The normalized spacial score (nSPS) is 24.3. The minimum Gasteiger partial charge on any atom is -0.379 e. The zero-order chi connectivity index (χ0) is 17.9. The molecule has 0 saturated carbocycles. The number of pyridine rings is 1. The molecule has 1 amide bonds. The summed E-state index contributed by atoms with van der Waals surface area (Å²) in [5, 5.41) is 9.06. The van der Waals surface area contributed by atoms with E-state index in [1.54, 1.807) is 30.5 Å². The molecule has 3 atom stereocenters. The summed E-state index contributed by atoms with van der Waals surface area (Å²) in [5.41, 5.74) is 1.88. The molecule has 1 aromatic carbocycles. The molecule has 1 aromatic heterocycles.